The van der Waals surface area contributed by atoms with Crippen LogP contribution in [0.15, 0.2) is 39.9 Å². The summed E-state index contributed by atoms with van der Waals surface area (Å²) < 4.78 is 5.14. The lowest BCUT2D eigenvalue weighted by atomic mass is 10.1. The first-order valence-electron chi connectivity index (χ1n) is 8.49. The summed E-state index contributed by atoms with van der Waals surface area (Å²) in [6, 6.07) is 9.13. The highest BCUT2D eigenvalue weighted by molar-refractivity contribution is 5.80. The predicted molar refractivity (Wildman–Crippen MR) is 96.3 cm³/mol. The van der Waals surface area contributed by atoms with Gasteiger partial charge in [-0.3, -0.25) is 14.6 Å². The molecular weight excluding hydrogens is 352 g/mol. The van der Waals surface area contributed by atoms with Gasteiger partial charge in [-0.1, -0.05) is 30.3 Å². The van der Waals surface area contributed by atoms with E-state index in [0.29, 0.717) is 18.8 Å². The van der Waals surface area contributed by atoms with E-state index in [2.05, 4.69) is 15.3 Å². The fourth-order valence-corrected chi connectivity index (χ4v) is 2.81. The first kappa shape index (κ1) is 18.4. The summed E-state index contributed by atoms with van der Waals surface area (Å²) in [6.45, 7) is 2.44. The molecule has 0 aliphatic carbocycles. The molecule has 142 valence electrons. The number of nitrogens with one attached hydrogen (secondary N) is 3. The van der Waals surface area contributed by atoms with Crippen LogP contribution in [0.1, 0.15) is 16.8 Å². The Hall–Kier alpha value is -3.36. The number of hydrogen-bond donors (Lipinski definition) is 3. The maximum absolute atomic E-state index is 12.3. The van der Waals surface area contributed by atoms with Crippen molar-refractivity contribution in [2.75, 3.05) is 13.1 Å². The Morgan fingerprint density at radius 2 is 1.89 bits per heavy atom. The Bertz CT molecular complexity index is 944. The largest absolute Gasteiger partial charge is 0.445 e. The Morgan fingerprint density at radius 1 is 1.19 bits per heavy atom. The van der Waals surface area contributed by atoms with Crippen molar-refractivity contribution in [3.63, 3.8) is 0 Å². The van der Waals surface area contributed by atoms with E-state index in [-0.39, 0.29) is 30.5 Å². The third-order valence-corrected chi connectivity index (χ3v) is 4.35. The van der Waals surface area contributed by atoms with E-state index in [4.69, 9.17) is 4.74 Å². The molecule has 1 aliphatic heterocycles. The van der Waals surface area contributed by atoms with Gasteiger partial charge in [-0.15, -0.1) is 0 Å². The van der Waals surface area contributed by atoms with E-state index in [1.165, 1.54) is 4.90 Å². The normalized spacial score (nSPS) is 13.7. The van der Waals surface area contributed by atoms with Crippen molar-refractivity contribution in [1.29, 1.82) is 0 Å². The van der Waals surface area contributed by atoms with Crippen LogP contribution < -0.4 is 16.6 Å². The average molecular weight is 372 g/mol. The van der Waals surface area contributed by atoms with Gasteiger partial charge in [0.1, 0.15) is 6.61 Å². The molecule has 0 bridgehead atoms. The maximum atomic E-state index is 12.3. The molecule has 1 aromatic heterocycles. The van der Waals surface area contributed by atoms with Gasteiger partial charge in [0.25, 0.3) is 5.56 Å². The summed E-state index contributed by atoms with van der Waals surface area (Å²) >= 11 is 0. The molecule has 2 aromatic rings. The minimum absolute atomic E-state index is 0.108. The number of rotatable bonds is 5. The molecule has 3 N–H and O–H groups in total. The minimum atomic E-state index is -0.601. The van der Waals surface area contributed by atoms with Gasteiger partial charge in [0, 0.05) is 24.3 Å². The second kappa shape index (κ2) is 7.90. The van der Waals surface area contributed by atoms with Crippen LogP contribution in [0.2, 0.25) is 0 Å². The van der Waals surface area contributed by atoms with Crippen molar-refractivity contribution >= 4 is 12.0 Å². The van der Waals surface area contributed by atoms with Gasteiger partial charge >= 0.3 is 11.8 Å². The first-order chi connectivity index (χ1) is 12.9. The van der Waals surface area contributed by atoms with Crippen LogP contribution in [0.4, 0.5) is 4.79 Å². The smallest absolute Gasteiger partial charge is 0.407 e. The molecule has 1 aromatic carbocycles. The topological polar surface area (TPSA) is 124 Å². The number of carbonyl (C=O) groups excluding carboxylic acids is 2. The van der Waals surface area contributed by atoms with Gasteiger partial charge in [0.2, 0.25) is 5.91 Å². The monoisotopic (exact) mass is 372 g/mol. The van der Waals surface area contributed by atoms with Crippen LogP contribution in [0.5, 0.6) is 0 Å². The number of nitrogens with zero attached hydrogens (tertiary/aromatic N) is 1. The van der Waals surface area contributed by atoms with Crippen molar-refractivity contribution in [1.82, 2.24) is 20.2 Å². The Labute approximate surface area is 154 Å². The Kier molecular flexibility index (Phi) is 5.39. The third kappa shape index (κ3) is 4.63. The fourth-order valence-electron chi connectivity index (χ4n) is 2.81. The number of alkyl carbamates (subject to hydrolysis) is 1. The molecule has 3 rings (SSSR count). The highest BCUT2D eigenvalue weighted by atomic mass is 16.5. The number of aryl methyl sites for hydroxylation is 1. The number of likely N-dealkylation sites (tertiary alicyclic amines) is 1. The van der Waals surface area contributed by atoms with Crippen LogP contribution in [-0.4, -0.2) is 46.0 Å². The molecule has 27 heavy (non-hydrogen) atoms. The number of benzene rings is 1. The second-order valence-corrected chi connectivity index (χ2v) is 6.39. The lowest BCUT2D eigenvalue weighted by molar-refractivity contribution is -0.135. The van der Waals surface area contributed by atoms with Crippen LogP contribution in [0, 0.1) is 6.92 Å². The zero-order chi connectivity index (χ0) is 19.4. The first-order valence-corrected chi connectivity index (χ1v) is 8.49. The molecule has 0 unspecified atom stereocenters. The summed E-state index contributed by atoms with van der Waals surface area (Å²) in [5.41, 5.74) is 0.329. The summed E-state index contributed by atoms with van der Waals surface area (Å²) in [5, 5.41) is 2.70. The van der Waals surface area contributed by atoms with E-state index in [9.17, 15) is 19.2 Å². The number of aromatic nitrogens is 2. The molecule has 0 saturated carbocycles. The highest BCUT2D eigenvalue weighted by Crippen LogP contribution is 2.11. The molecule has 1 fully saturated rings. The van der Waals surface area contributed by atoms with Crippen molar-refractivity contribution in [3.05, 3.63) is 68.0 Å². The number of amides is 2. The third-order valence-electron chi connectivity index (χ3n) is 4.35. The molecule has 2 heterocycles. The summed E-state index contributed by atoms with van der Waals surface area (Å²) in [4.78, 5) is 53.2. The van der Waals surface area contributed by atoms with E-state index in [1.54, 1.807) is 6.92 Å². The van der Waals surface area contributed by atoms with Gasteiger partial charge in [-0.2, -0.15) is 0 Å². The zero-order valence-electron chi connectivity index (χ0n) is 14.8. The van der Waals surface area contributed by atoms with Crippen molar-refractivity contribution in [2.45, 2.75) is 26.0 Å². The summed E-state index contributed by atoms with van der Waals surface area (Å²) in [5.74, 6) is -0.244. The molecular formula is C18H20N4O5. The van der Waals surface area contributed by atoms with Gasteiger partial charge in [0.05, 0.1) is 12.5 Å². The number of carbonyl (C=O) groups is 2. The van der Waals surface area contributed by atoms with Gasteiger partial charge in [-0.05, 0) is 12.5 Å². The van der Waals surface area contributed by atoms with E-state index in [1.807, 2.05) is 30.3 Å². The lowest BCUT2D eigenvalue weighted by Crippen LogP contribution is -2.61. The predicted octanol–water partition coefficient (Wildman–Crippen LogP) is 0.0513. The summed E-state index contributed by atoms with van der Waals surface area (Å²) in [6.07, 6.45) is -0.646. The van der Waals surface area contributed by atoms with Crippen LogP contribution >= 0.6 is 0 Å². The van der Waals surface area contributed by atoms with Gasteiger partial charge in [0.15, 0.2) is 0 Å². The summed E-state index contributed by atoms with van der Waals surface area (Å²) in [7, 11) is 0. The van der Waals surface area contributed by atoms with Crippen molar-refractivity contribution in [2.24, 2.45) is 0 Å². The molecule has 9 nitrogen and oxygen atoms in total. The maximum Gasteiger partial charge on any atom is 0.407 e. The Morgan fingerprint density at radius 3 is 2.56 bits per heavy atom. The molecule has 1 saturated heterocycles. The van der Waals surface area contributed by atoms with E-state index < -0.39 is 17.3 Å². The SMILES string of the molecule is Cc1[nH]c(=O)[nH]c(=O)c1CC(=O)N1CC(NC(=O)OCc2ccccc2)C1. The van der Waals surface area contributed by atoms with Gasteiger partial charge < -0.3 is 19.9 Å². The molecule has 2 amide bonds. The molecule has 0 radical (unpaired) electrons. The number of aromatic amines is 2. The van der Waals surface area contributed by atoms with E-state index in [0.717, 1.165) is 5.56 Å². The number of hydrogen-bond acceptors (Lipinski definition) is 5. The van der Waals surface area contributed by atoms with Crippen molar-refractivity contribution in [3.8, 4) is 0 Å². The highest BCUT2D eigenvalue weighted by Gasteiger charge is 2.32. The standard InChI is InChI=1S/C18H20N4O5/c1-11-14(16(24)21-17(25)19-11)7-15(23)22-8-13(9-22)20-18(26)27-10-12-5-3-2-4-6-12/h2-6,13H,7-10H2,1H3,(H,20,26)(H2,19,21,24,25). The second-order valence-electron chi connectivity index (χ2n) is 6.39. The lowest BCUT2D eigenvalue weighted by Gasteiger charge is -2.39. The van der Waals surface area contributed by atoms with Crippen LogP contribution in [0.3, 0.4) is 0 Å². The Balaban J connectivity index is 1.44. The average Bonchev–Trinajstić information content (AvgIpc) is 2.59. The van der Waals surface area contributed by atoms with E-state index >= 15 is 0 Å². The molecule has 0 spiro atoms. The minimum Gasteiger partial charge on any atom is -0.445 e. The molecule has 1 aliphatic rings. The zero-order valence-corrected chi connectivity index (χ0v) is 14.8. The molecule has 9 heteroatoms. The molecule has 0 atom stereocenters. The quantitative estimate of drug-likeness (QED) is 0.684. The number of H-pyrrole nitrogens is 2. The van der Waals surface area contributed by atoms with Crippen molar-refractivity contribution < 1.29 is 14.3 Å². The van der Waals surface area contributed by atoms with Crippen LogP contribution in [-0.2, 0) is 22.6 Å². The van der Waals surface area contributed by atoms with Crippen LogP contribution in [0.25, 0.3) is 0 Å². The number of ether oxygens (including phenoxy) is 1. The fraction of sp³-hybridized carbons (Fsp3) is 0.333. The van der Waals surface area contributed by atoms with Gasteiger partial charge in [-0.25, -0.2) is 9.59 Å².